The first-order valence-corrected chi connectivity index (χ1v) is 14.7. The Bertz CT molecular complexity index is 2050. The van der Waals surface area contributed by atoms with Crippen molar-refractivity contribution in [2.45, 2.75) is 39.3 Å². The Balaban J connectivity index is 1.26. The van der Waals surface area contributed by atoms with Crippen molar-refractivity contribution in [2.24, 2.45) is 0 Å². The van der Waals surface area contributed by atoms with Crippen LogP contribution in [0.25, 0.3) is 21.9 Å². The number of H-pyrrole nitrogens is 1. The molecule has 2 aromatic heterocycles. The van der Waals surface area contributed by atoms with Crippen LogP contribution in [-0.2, 0) is 29.0 Å². The summed E-state index contributed by atoms with van der Waals surface area (Å²) in [6.07, 6.45) is 1.67. The first kappa shape index (κ1) is 29.4. The van der Waals surface area contributed by atoms with Gasteiger partial charge in [0, 0.05) is 46.5 Å². The molecule has 0 aliphatic rings. The number of esters is 1. The number of fused-ring (bicyclic) bond motifs is 2. The van der Waals surface area contributed by atoms with Crippen molar-refractivity contribution in [1.29, 1.82) is 0 Å². The van der Waals surface area contributed by atoms with Crippen LogP contribution < -0.4 is 15.7 Å². The molecule has 0 aliphatic carbocycles. The highest BCUT2D eigenvalue weighted by Gasteiger charge is 2.27. The normalized spacial score (nSPS) is 11.8. The van der Waals surface area contributed by atoms with Crippen LogP contribution in [0.3, 0.4) is 0 Å². The van der Waals surface area contributed by atoms with Gasteiger partial charge in [-0.05, 0) is 54.3 Å². The zero-order chi connectivity index (χ0) is 31.3. The number of hydrogen-bond donors (Lipinski definition) is 2. The molecule has 1 atom stereocenters. The van der Waals surface area contributed by atoms with Crippen molar-refractivity contribution in [3.8, 4) is 5.75 Å². The highest BCUT2D eigenvalue weighted by molar-refractivity contribution is 5.89. The van der Waals surface area contributed by atoms with Crippen molar-refractivity contribution >= 4 is 33.9 Å². The first-order valence-electron chi connectivity index (χ1n) is 14.7. The van der Waals surface area contributed by atoms with Gasteiger partial charge in [-0.2, -0.15) is 0 Å². The average Bonchev–Trinajstić information content (AvgIpc) is 3.47. The van der Waals surface area contributed by atoms with E-state index in [1.165, 1.54) is 0 Å². The molecule has 0 aliphatic heterocycles. The maximum absolute atomic E-state index is 13.7. The van der Waals surface area contributed by atoms with Gasteiger partial charge in [-0.1, -0.05) is 78.9 Å². The number of aryl methyl sites for hydroxylation is 2. The standard InChI is InChI=1S/C37H32N2O6/c1-23-28-17-18-33(24(2)34(28)45-35(40)30(23)19-25-11-5-3-6-12-25)44-36(41)32(20-27-21-38-31-16-10-9-15-29(27)31)39-37(42)43-22-26-13-7-4-8-14-26/h3-18,21,32,38H,19-20,22H2,1-2H3,(H,39,42)/t32-/m1/s1. The summed E-state index contributed by atoms with van der Waals surface area (Å²) >= 11 is 0. The minimum Gasteiger partial charge on any atom is -0.445 e. The van der Waals surface area contributed by atoms with Crippen LogP contribution in [0.4, 0.5) is 4.79 Å². The summed E-state index contributed by atoms with van der Waals surface area (Å²) in [5, 5.41) is 4.38. The fourth-order valence-electron chi connectivity index (χ4n) is 5.49. The molecule has 0 spiro atoms. The lowest BCUT2D eigenvalue weighted by atomic mass is 9.98. The van der Waals surface area contributed by atoms with E-state index in [9.17, 15) is 14.4 Å². The summed E-state index contributed by atoms with van der Waals surface area (Å²) in [6, 6.07) is 29.1. The van der Waals surface area contributed by atoms with Crippen LogP contribution in [0.2, 0.25) is 0 Å². The molecule has 0 unspecified atom stereocenters. The predicted octanol–water partition coefficient (Wildman–Crippen LogP) is 6.93. The summed E-state index contributed by atoms with van der Waals surface area (Å²) in [4.78, 5) is 42.8. The SMILES string of the molecule is Cc1c(Cc2ccccc2)c(=O)oc2c(C)c(OC(=O)[C@@H](Cc3c[nH]c4ccccc34)NC(=O)OCc3ccccc3)ccc12. The number of para-hydroxylation sites is 1. The zero-order valence-corrected chi connectivity index (χ0v) is 25.0. The lowest BCUT2D eigenvalue weighted by Crippen LogP contribution is -2.44. The van der Waals surface area contributed by atoms with E-state index < -0.39 is 23.7 Å². The second-order valence-corrected chi connectivity index (χ2v) is 11.0. The molecule has 2 heterocycles. The van der Waals surface area contributed by atoms with E-state index >= 15 is 0 Å². The third kappa shape index (κ3) is 6.50. The quantitative estimate of drug-likeness (QED) is 0.106. The summed E-state index contributed by atoms with van der Waals surface area (Å²) in [6.45, 7) is 3.68. The Hall–Kier alpha value is -5.63. The van der Waals surface area contributed by atoms with Crippen LogP contribution in [0.15, 0.2) is 112 Å². The topological polar surface area (TPSA) is 111 Å². The van der Waals surface area contributed by atoms with Crippen LogP contribution in [0.5, 0.6) is 5.75 Å². The van der Waals surface area contributed by atoms with Gasteiger partial charge in [0.2, 0.25) is 0 Å². The molecule has 0 fully saturated rings. The Kier molecular flexibility index (Phi) is 8.46. The number of benzene rings is 4. The van der Waals surface area contributed by atoms with E-state index in [0.29, 0.717) is 23.1 Å². The van der Waals surface area contributed by atoms with E-state index in [-0.39, 0.29) is 18.8 Å². The van der Waals surface area contributed by atoms with Crippen LogP contribution in [0, 0.1) is 13.8 Å². The molecule has 0 saturated heterocycles. The molecule has 8 heteroatoms. The second-order valence-electron chi connectivity index (χ2n) is 11.0. The minimum atomic E-state index is -1.07. The Morgan fingerprint density at radius 2 is 1.51 bits per heavy atom. The fourth-order valence-corrected chi connectivity index (χ4v) is 5.49. The van der Waals surface area contributed by atoms with Crippen LogP contribution in [-0.4, -0.2) is 23.1 Å². The van der Waals surface area contributed by atoms with Crippen molar-refractivity contribution in [2.75, 3.05) is 0 Å². The number of carbonyl (C=O) groups excluding carboxylic acids is 2. The Labute approximate surface area is 259 Å². The number of nitrogens with one attached hydrogen (secondary N) is 2. The highest BCUT2D eigenvalue weighted by atomic mass is 16.6. The monoisotopic (exact) mass is 600 g/mol. The summed E-state index contributed by atoms with van der Waals surface area (Å²) in [5.41, 5.74) is 5.38. The summed E-state index contributed by atoms with van der Waals surface area (Å²) < 4.78 is 17.1. The van der Waals surface area contributed by atoms with Crippen LogP contribution in [0.1, 0.15) is 33.4 Å². The number of amides is 1. The summed E-state index contributed by atoms with van der Waals surface area (Å²) in [7, 11) is 0. The smallest absolute Gasteiger partial charge is 0.408 e. The van der Waals surface area contributed by atoms with Gasteiger partial charge < -0.3 is 24.2 Å². The molecule has 2 N–H and O–H groups in total. The van der Waals surface area contributed by atoms with Crippen LogP contribution >= 0.6 is 0 Å². The highest BCUT2D eigenvalue weighted by Crippen LogP contribution is 2.30. The second kappa shape index (κ2) is 12.9. The van der Waals surface area contributed by atoms with E-state index in [0.717, 1.165) is 38.5 Å². The number of alkyl carbamates (subject to hydrolysis) is 1. The molecule has 4 aromatic carbocycles. The van der Waals surface area contributed by atoms with Gasteiger partial charge in [0.25, 0.3) is 0 Å². The predicted molar refractivity (Wildman–Crippen MR) is 172 cm³/mol. The lowest BCUT2D eigenvalue weighted by Gasteiger charge is -2.19. The zero-order valence-electron chi connectivity index (χ0n) is 25.0. The van der Waals surface area contributed by atoms with Gasteiger partial charge in [-0.15, -0.1) is 0 Å². The van der Waals surface area contributed by atoms with Crippen molar-refractivity contribution in [3.63, 3.8) is 0 Å². The largest absolute Gasteiger partial charge is 0.445 e. The van der Waals surface area contributed by atoms with E-state index in [4.69, 9.17) is 13.9 Å². The molecule has 6 rings (SSSR count). The lowest BCUT2D eigenvalue weighted by molar-refractivity contribution is -0.136. The number of hydrogen-bond acceptors (Lipinski definition) is 6. The third-order valence-corrected chi connectivity index (χ3v) is 7.98. The Morgan fingerprint density at radius 3 is 2.27 bits per heavy atom. The maximum Gasteiger partial charge on any atom is 0.408 e. The molecule has 0 bridgehead atoms. The maximum atomic E-state index is 13.7. The molecule has 226 valence electrons. The van der Waals surface area contributed by atoms with E-state index in [1.54, 1.807) is 19.1 Å². The number of ether oxygens (including phenoxy) is 2. The van der Waals surface area contributed by atoms with Gasteiger partial charge in [-0.25, -0.2) is 14.4 Å². The van der Waals surface area contributed by atoms with Gasteiger partial charge in [0.05, 0.1) is 0 Å². The average molecular weight is 601 g/mol. The molecule has 45 heavy (non-hydrogen) atoms. The minimum absolute atomic E-state index is 0.0515. The first-order chi connectivity index (χ1) is 21.9. The molecule has 8 nitrogen and oxygen atoms in total. The molecule has 0 radical (unpaired) electrons. The van der Waals surface area contributed by atoms with Gasteiger partial charge in [0.1, 0.15) is 24.0 Å². The molecular weight excluding hydrogens is 568 g/mol. The number of carbonyl (C=O) groups is 2. The van der Waals surface area contributed by atoms with E-state index in [2.05, 4.69) is 10.3 Å². The van der Waals surface area contributed by atoms with Gasteiger partial charge >= 0.3 is 17.7 Å². The number of rotatable bonds is 9. The molecule has 0 saturated carbocycles. The number of aromatic nitrogens is 1. The van der Waals surface area contributed by atoms with Crippen molar-refractivity contribution in [1.82, 2.24) is 10.3 Å². The molecule has 1 amide bonds. The molecular formula is C37H32N2O6. The fraction of sp³-hybridized carbons (Fsp3) is 0.162. The molecule has 6 aromatic rings. The van der Waals surface area contributed by atoms with Gasteiger partial charge in [0.15, 0.2) is 0 Å². The van der Waals surface area contributed by atoms with Crippen molar-refractivity contribution in [3.05, 3.63) is 147 Å². The van der Waals surface area contributed by atoms with Crippen molar-refractivity contribution < 1.29 is 23.5 Å². The van der Waals surface area contributed by atoms with Gasteiger partial charge in [-0.3, -0.25) is 0 Å². The number of aromatic amines is 1. The summed E-state index contributed by atoms with van der Waals surface area (Å²) in [5.74, 6) is -0.451. The third-order valence-electron chi connectivity index (χ3n) is 7.98. The van der Waals surface area contributed by atoms with E-state index in [1.807, 2.05) is 98.0 Å². The Morgan fingerprint density at radius 1 is 0.822 bits per heavy atom.